The summed E-state index contributed by atoms with van der Waals surface area (Å²) in [7, 11) is 0. The monoisotopic (exact) mass is 449 g/mol. The van der Waals surface area contributed by atoms with E-state index in [2.05, 4.69) is 10.1 Å². The predicted molar refractivity (Wildman–Crippen MR) is 109 cm³/mol. The van der Waals surface area contributed by atoms with Crippen molar-refractivity contribution in [3.05, 3.63) is 53.5 Å². The van der Waals surface area contributed by atoms with Gasteiger partial charge in [0.1, 0.15) is 23.7 Å². The number of hydrogen-bond donors (Lipinski definition) is 0. The Morgan fingerprint density at radius 3 is 2.59 bits per heavy atom. The van der Waals surface area contributed by atoms with E-state index < -0.39 is 23.6 Å². The maximum atomic E-state index is 12.9. The van der Waals surface area contributed by atoms with Crippen LogP contribution in [0.4, 0.5) is 13.2 Å². The maximum Gasteiger partial charge on any atom is 0.433 e. The zero-order chi connectivity index (χ0) is 23.5. The van der Waals surface area contributed by atoms with Gasteiger partial charge in [0.2, 0.25) is 0 Å². The number of nitrogens with zero attached hydrogens (tertiary/aromatic N) is 3. The summed E-state index contributed by atoms with van der Waals surface area (Å²) in [4.78, 5) is 27.9. The van der Waals surface area contributed by atoms with Crippen molar-refractivity contribution in [2.75, 3.05) is 6.61 Å². The van der Waals surface area contributed by atoms with Gasteiger partial charge in [-0.3, -0.25) is 14.3 Å². The van der Waals surface area contributed by atoms with E-state index >= 15 is 0 Å². The Morgan fingerprint density at radius 1 is 1.19 bits per heavy atom. The van der Waals surface area contributed by atoms with E-state index in [4.69, 9.17) is 9.47 Å². The molecule has 1 aromatic carbocycles. The molecule has 10 heteroatoms. The molecule has 0 spiro atoms. The van der Waals surface area contributed by atoms with Crippen LogP contribution in [0.5, 0.6) is 5.75 Å². The molecule has 2 heterocycles. The Morgan fingerprint density at radius 2 is 1.94 bits per heavy atom. The number of pyridine rings is 1. The van der Waals surface area contributed by atoms with Gasteiger partial charge in [-0.2, -0.15) is 18.3 Å². The van der Waals surface area contributed by atoms with Gasteiger partial charge < -0.3 is 9.47 Å². The first-order valence-electron chi connectivity index (χ1n) is 9.96. The van der Waals surface area contributed by atoms with Gasteiger partial charge in [0.05, 0.1) is 18.2 Å². The average molecular weight is 449 g/mol. The Balaban J connectivity index is 1.93. The van der Waals surface area contributed by atoms with Gasteiger partial charge in [-0.15, -0.1) is 0 Å². The normalized spacial score (nSPS) is 11.7. The molecule has 170 valence electrons. The Hall–Kier alpha value is -3.43. The van der Waals surface area contributed by atoms with E-state index in [0.717, 1.165) is 12.1 Å². The molecule has 0 amide bonds. The number of aromatic nitrogens is 3. The molecule has 3 rings (SSSR count). The number of rotatable bonds is 8. The molecule has 0 fully saturated rings. The molecule has 0 unspecified atom stereocenters. The van der Waals surface area contributed by atoms with Crippen LogP contribution >= 0.6 is 0 Å². The molecule has 0 N–H and O–H groups in total. The number of Topliss-reactive ketones (excluding diaryl/α,β-unsaturated/α-hetero) is 1. The van der Waals surface area contributed by atoms with Crippen molar-refractivity contribution < 1.29 is 32.2 Å². The maximum absolute atomic E-state index is 12.9. The first-order chi connectivity index (χ1) is 15.1. The van der Waals surface area contributed by atoms with Crippen molar-refractivity contribution >= 4 is 22.7 Å². The highest BCUT2D eigenvalue weighted by Gasteiger charge is 2.33. The molecule has 0 aliphatic carbocycles. The molecule has 7 nitrogen and oxygen atoms in total. The molecule has 0 radical (unpaired) electrons. The average Bonchev–Trinajstić information content (AvgIpc) is 3.08. The standard InChI is InChI=1S/C22H22F3N3O4/c1-4-31-21(30)12-28-11-15-8-14(19(32-13(2)3)10-17(15)27-28)9-18(29)16-6-5-7-20(26-16)22(23,24)25/h5-8,10-11,13H,4,9,12H2,1-3H3. The van der Waals surface area contributed by atoms with E-state index in [1.54, 1.807) is 25.3 Å². The van der Waals surface area contributed by atoms with Crippen molar-refractivity contribution in [1.82, 2.24) is 14.8 Å². The fourth-order valence-electron chi connectivity index (χ4n) is 3.08. The number of fused-ring (bicyclic) bond motifs is 1. The molecule has 0 atom stereocenters. The lowest BCUT2D eigenvalue weighted by atomic mass is 10.0. The van der Waals surface area contributed by atoms with Crippen molar-refractivity contribution in [3.63, 3.8) is 0 Å². The van der Waals surface area contributed by atoms with Gasteiger partial charge in [-0.25, -0.2) is 4.98 Å². The van der Waals surface area contributed by atoms with E-state index in [0.29, 0.717) is 22.2 Å². The van der Waals surface area contributed by atoms with Crippen LogP contribution in [-0.4, -0.2) is 39.2 Å². The quantitative estimate of drug-likeness (QED) is 0.378. The topological polar surface area (TPSA) is 83.3 Å². The zero-order valence-electron chi connectivity index (χ0n) is 17.8. The molecule has 32 heavy (non-hydrogen) atoms. The second-order valence-corrected chi connectivity index (χ2v) is 7.32. The van der Waals surface area contributed by atoms with E-state index in [1.807, 2.05) is 13.8 Å². The minimum absolute atomic E-state index is 0.0781. The summed E-state index contributed by atoms with van der Waals surface area (Å²) in [5.41, 5.74) is -0.393. The van der Waals surface area contributed by atoms with Crippen LogP contribution < -0.4 is 4.74 Å². The molecular formula is C22H22F3N3O4. The highest BCUT2D eigenvalue weighted by molar-refractivity contribution is 5.97. The minimum Gasteiger partial charge on any atom is -0.491 e. The third-order valence-electron chi connectivity index (χ3n) is 4.37. The van der Waals surface area contributed by atoms with Gasteiger partial charge in [-0.1, -0.05) is 6.07 Å². The summed E-state index contributed by atoms with van der Waals surface area (Å²) >= 11 is 0. The second-order valence-electron chi connectivity index (χ2n) is 7.32. The number of alkyl halides is 3. The van der Waals surface area contributed by atoms with E-state index in [1.165, 1.54) is 10.7 Å². The van der Waals surface area contributed by atoms with Crippen LogP contribution in [0.1, 0.15) is 42.5 Å². The molecule has 3 aromatic rings. The number of carbonyl (C=O) groups is 2. The molecule has 0 saturated carbocycles. The number of ketones is 1. The second kappa shape index (κ2) is 9.37. The highest BCUT2D eigenvalue weighted by atomic mass is 19.4. The summed E-state index contributed by atoms with van der Waals surface area (Å²) in [5, 5.41) is 4.98. The zero-order valence-corrected chi connectivity index (χ0v) is 17.8. The predicted octanol–water partition coefficient (Wildman–Crippen LogP) is 4.23. The fraction of sp³-hybridized carbons (Fsp3) is 0.364. The third-order valence-corrected chi connectivity index (χ3v) is 4.37. The van der Waals surface area contributed by atoms with Gasteiger partial charge in [0.25, 0.3) is 0 Å². The molecule has 2 aromatic heterocycles. The van der Waals surface area contributed by atoms with Crippen LogP contribution in [0, 0.1) is 0 Å². The fourth-order valence-corrected chi connectivity index (χ4v) is 3.08. The van der Waals surface area contributed by atoms with E-state index in [9.17, 15) is 22.8 Å². The number of benzene rings is 1. The molecular weight excluding hydrogens is 427 g/mol. The van der Waals surface area contributed by atoms with Crippen molar-refractivity contribution in [2.45, 2.75) is 46.0 Å². The molecule has 0 saturated heterocycles. The lowest BCUT2D eigenvalue weighted by Gasteiger charge is -2.14. The molecule has 0 aliphatic heterocycles. The van der Waals surface area contributed by atoms with Crippen LogP contribution in [0.2, 0.25) is 0 Å². The van der Waals surface area contributed by atoms with Gasteiger partial charge in [0.15, 0.2) is 5.78 Å². The third kappa shape index (κ3) is 5.63. The SMILES string of the molecule is CCOC(=O)Cn1cc2cc(CC(=O)c3cccc(C(F)(F)F)n3)c(OC(C)C)cc2n1. The Kier molecular flexibility index (Phi) is 6.81. The van der Waals surface area contributed by atoms with Crippen LogP contribution in [-0.2, 0) is 28.7 Å². The van der Waals surface area contributed by atoms with Crippen LogP contribution in [0.3, 0.4) is 0 Å². The lowest BCUT2D eigenvalue weighted by Crippen LogP contribution is -2.14. The number of ether oxygens (including phenoxy) is 2. The van der Waals surface area contributed by atoms with Crippen molar-refractivity contribution in [3.8, 4) is 5.75 Å². The molecule has 0 bridgehead atoms. The van der Waals surface area contributed by atoms with Gasteiger partial charge >= 0.3 is 12.1 Å². The summed E-state index contributed by atoms with van der Waals surface area (Å²) in [6.07, 6.45) is -3.44. The molecule has 0 aliphatic rings. The number of carbonyl (C=O) groups excluding carboxylic acids is 2. The Labute approximate surface area is 182 Å². The first-order valence-corrected chi connectivity index (χ1v) is 9.96. The summed E-state index contributed by atoms with van der Waals surface area (Å²) in [6, 6.07) is 6.52. The number of hydrogen-bond acceptors (Lipinski definition) is 6. The van der Waals surface area contributed by atoms with Crippen LogP contribution in [0.25, 0.3) is 10.9 Å². The van der Waals surface area contributed by atoms with E-state index in [-0.39, 0.29) is 31.4 Å². The van der Waals surface area contributed by atoms with Gasteiger partial charge in [0, 0.05) is 29.6 Å². The lowest BCUT2D eigenvalue weighted by molar-refractivity contribution is -0.144. The van der Waals surface area contributed by atoms with Gasteiger partial charge in [-0.05, 0) is 39.0 Å². The van der Waals surface area contributed by atoms with Crippen LogP contribution in [0.15, 0.2) is 36.5 Å². The first kappa shape index (κ1) is 23.2. The smallest absolute Gasteiger partial charge is 0.433 e. The summed E-state index contributed by atoms with van der Waals surface area (Å²) in [5.74, 6) is -0.637. The van der Waals surface area contributed by atoms with Crippen molar-refractivity contribution in [1.29, 1.82) is 0 Å². The number of esters is 1. The summed E-state index contributed by atoms with van der Waals surface area (Å²) < 4.78 is 51.0. The minimum atomic E-state index is -4.64. The number of halogens is 3. The largest absolute Gasteiger partial charge is 0.491 e. The summed E-state index contributed by atoms with van der Waals surface area (Å²) in [6.45, 7) is 5.50. The Bertz CT molecular complexity index is 1140. The van der Waals surface area contributed by atoms with Crippen molar-refractivity contribution in [2.24, 2.45) is 0 Å². The highest BCUT2D eigenvalue weighted by Crippen LogP contribution is 2.29.